The summed E-state index contributed by atoms with van der Waals surface area (Å²) in [4.78, 5) is 11.6. The zero-order valence-corrected chi connectivity index (χ0v) is 10.5. The van der Waals surface area contributed by atoms with Crippen molar-refractivity contribution < 1.29 is 0 Å². The third kappa shape index (κ3) is 2.98. The Bertz CT molecular complexity index is 368. The molecular weight excluding hydrogens is 242 g/mol. The molecule has 1 aromatic rings. The first kappa shape index (κ1) is 11.5. The van der Waals surface area contributed by atoms with E-state index < -0.39 is 0 Å². The smallest absolute Gasteiger partial charge is 0.264 e. The average Bonchev–Trinajstić information content (AvgIpc) is 2.08. The van der Waals surface area contributed by atoms with E-state index in [0.29, 0.717) is 10.4 Å². The van der Waals surface area contributed by atoms with Gasteiger partial charge in [-0.25, -0.2) is 0 Å². The fourth-order valence-corrected chi connectivity index (χ4v) is 1.89. The van der Waals surface area contributed by atoms with Crippen molar-refractivity contribution in [3.8, 4) is 0 Å². The molecule has 0 aliphatic carbocycles. The van der Waals surface area contributed by atoms with Gasteiger partial charge in [0, 0.05) is 12.7 Å². The second kappa shape index (κ2) is 4.78. The van der Waals surface area contributed by atoms with Crippen LogP contribution in [0.2, 0.25) is 0 Å². The highest BCUT2D eigenvalue weighted by molar-refractivity contribution is 9.10. The van der Waals surface area contributed by atoms with Crippen LogP contribution in [0.3, 0.4) is 0 Å². The van der Waals surface area contributed by atoms with Gasteiger partial charge >= 0.3 is 0 Å². The Kier molecular flexibility index (Phi) is 3.93. The Balaban J connectivity index is 2.91. The van der Waals surface area contributed by atoms with E-state index in [0.717, 1.165) is 18.5 Å². The largest absolute Gasteiger partial charge is 0.314 e. The predicted octanol–water partition coefficient (Wildman–Crippen LogP) is 2.97. The Morgan fingerprint density at radius 3 is 2.71 bits per heavy atom. The lowest BCUT2D eigenvalue weighted by Gasteiger charge is -2.09. The summed E-state index contributed by atoms with van der Waals surface area (Å²) in [6.07, 6.45) is 2.95. The minimum Gasteiger partial charge on any atom is -0.314 e. The van der Waals surface area contributed by atoms with Gasteiger partial charge < -0.3 is 4.57 Å². The van der Waals surface area contributed by atoms with Crippen molar-refractivity contribution in [3.63, 3.8) is 0 Å². The molecule has 0 aromatic carbocycles. The molecule has 14 heavy (non-hydrogen) atoms. The van der Waals surface area contributed by atoms with Gasteiger partial charge in [-0.15, -0.1) is 0 Å². The summed E-state index contributed by atoms with van der Waals surface area (Å²) in [5.74, 6) is 0.626. The normalized spacial score (nSPS) is 10.9. The molecule has 0 spiro atoms. The summed E-state index contributed by atoms with van der Waals surface area (Å²) >= 11 is 3.27. The fraction of sp³-hybridized carbons (Fsp3) is 0.545. The molecule has 78 valence electrons. The van der Waals surface area contributed by atoms with E-state index >= 15 is 0 Å². The Labute approximate surface area is 93.1 Å². The van der Waals surface area contributed by atoms with Crippen LogP contribution in [0.1, 0.15) is 25.8 Å². The van der Waals surface area contributed by atoms with Crippen LogP contribution in [-0.4, -0.2) is 4.57 Å². The lowest BCUT2D eigenvalue weighted by Crippen LogP contribution is -2.21. The van der Waals surface area contributed by atoms with Gasteiger partial charge in [-0.1, -0.05) is 13.8 Å². The molecule has 0 radical (unpaired) electrons. The summed E-state index contributed by atoms with van der Waals surface area (Å²) in [7, 11) is 0. The summed E-state index contributed by atoms with van der Waals surface area (Å²) in [5.41, 5.74) is 1.18. The maximum atomic E-state index is 11.6. The van der Waals surface area contributed by atoms with Gasteiger partial charge in [0.05, 0.1) is 4.47 Å². The van der Waals surface area contributed by atoms with Crippen LogP contribution >= 0.6 is 15.9 Å². The summed E-state index contributed by atoms with van der Waals surface area (Å²) in [5, 5.41) is 0. The number of nitrogens with zero attached hydrogens (tertiary/aromatic N) is 1. The van der Waals surface area contributed by atoms with E-state index in [1.165, 1.54) is 0 Å². The number of hydrogen-bond acceptors (Lipinski definition) is 1. The van der Waals surface area contributed by atoms with E-state index in [4.69, 9.17) is 0 Å². The van der Waals surface area contributed by atoms with Gasteiger partial charge in [0.2, 0.25) is 0 Å². The standard InChI is InChI=1S/C11H16BrNO/c1-8(2)4-5-13-7-9(3)6-10(12)11(13)14/h6-8H,4-5H2,1-3H3. The van der Waals surface area contributed by atoms with E-state index in [-0.39, 0.29) is 5.56 Å². The number of hydrogen-bond donors (Lipinski definition) is 0. The zero-order chi connectivity index (χ0) is 10.7. The number of aromatic nitrogens is 1. The zero-order valence-electron chi connectivity index (χ0n) is 8.88. The summed E-state index contributed by atoms with van der Waals surface area (Å²) in [6.45, 7) is 7.12. The van der Waals surface area contributed by atoms with Gasteiger partial charge in [-0.2, -0.15) is 0 Å². The molecule has 0 saturated heterocycles. The van der Waals surface area contributed by atoms with Crippen LogP contribution in [0.25, 0.3) is 0 Å². The van der Waals surface area contributed by atoms with Gasteiger partial charge in [0.1, 0.15) is 0 Å². The first-order chi connectivity index (χ1) is 6.50. The van der Waals surface area contributed by atoms with Crippen LogP contribution < -0.4 is 5.56 Å². The molecule has 1 rings (SSSR count). The molecule has 3 heteroatoms. The second-order valence-corrected chi connectivity index (χ2v) is 4.90. The van der Waals surface area contributed by atoms with Gasteiger partial charge in [-0.3, -0.25) is 4.79 Å². The number of rotatable bonds is 3. The first-order valence-corrected chi connectivity index (χ1v) is 5.66. The molecule has 0 N–H and O–H groups in total. The van der Waals surface area contributed by atoms with Gasteiger partial charge in [-0.05, 0) is 46.8 Å². The molecule has 2 nitrogen and oxygen atoms in total. The second-order valence-electron chi connectivity index (χ2n) is 4.05. The van der Waals surface area contributed by atoms with Crippen molar-refractivity contribution >= 4 is 15.9 Å². The molecule has 0 atom stereocenters. The first-order valence-electron chi connectivity index (χ1n) is 4.87. The highest BCUT2D eigenvalue weighted by Crippen LogP contribution is 2.07. The topological polar surface area (TPSA) is 22.0 Å². The molecule has 0 aliphatic heterocycles. The van der Waals surface area contributed by atoms with Crippen molar-refractivity contribution in [2.75, 3.05) is 0 Å². The number of pyridine rings is 1. The van der Waals surface area contributed by atoms with Gasteiger partial charge in [0.25, 0.3) is 5.56 Å². The molecular formula is C11H16BrNO. The van der Waals surface area contributed by atoms with Crippen molar-refractivity contribution in [3.05, 3.63) is 32.7 Å². The third-order valence-corrected chi connectivity index (χ3v) is 2.69. The summed E-state index contributed by atoms with van der Waals surface area (Å²) < 4.78 is 2.43. The molecule has 0 aliphatic rings. The van der Waals surface area contributed by atoms with Crippen LogP contribution in [0.5, 0.6) is 0 Å². The minimum atomic E-state index is 0.0660. The SMILES string of the molecule is Cc1cc(Br)c(=O)n(CCC(C)C)c1. The Hall–Kier alpha value is -0.570. The van der Waals surface area contributed by atoms with E-state index in [9.17, 15) is 4.79 Å². The molecule has 0 amide bonds. The fourth-order valence-electron chi connectivity index (χ4n) is 1.30. The van der Waals surface area contributed by atoms with Crippen LogP contribution in [0, 0.1) is 12.8 Å². The van der Waals surface area contributed by atoms with E-state index in [1.54, 1.807) is 4.57 Å². The van der Waals surface area contributed by atoms with Crippen molar-refractivity contribution in [2.24, 2.45) is 5.92 Å². The van der Waals surface area contributed by atoms with Crippen molar-refractivity contribution in [2.45, 2.75) is 33.7 Å². The van der Waals surface area contributed by atoms with Crippen LogP contribution in [-0.2, 0) is 6.54 Å². The van der Waals surface area contributed by atoms with Crippen LogP contribution in [0.15, 0.2) is 21.5 Å². The van der Waals surface area contributed by atoms with Crippen molar-refractivity contribution in [1.82, 2.24) is 4.57 Å². The van der Waals surface area contributed by atoms with E-state index in [2.05, 4.69) is 29.8 Å². The maximum Gasteiger partial charge on any atom is 0.264 e. The van der Waals surface area contributed by atoms with Crippen molar-refractivity contribution in [1.29, 1.82) is 0 Å². The van der Waals surface area contributed by atoms with Crippen LogP contribution in [0.4, 0.5) is 0 Å². The highest BCUT2D eigenvalue weighted by atomic mass is 79.9. The highest BCUT2D eigenvalue weighted by Gasteiger charge is 2.02. The monoisotopic (exact) mass is 257 g/mol. The van der Waals surface area contributed by atoms with Gasteiger partial charge in [0.15, 0.2) is 0 Å². The van der Waals surface area contributed by atoms with E-state index in [1.807, 2.05) is 19.2 Å². The molecule has 0 fully saturated rings. The molecule has 0 bridgehead atoms. The molecule has 1 heterocycles. The minimum absolute atomic E-state index is 0.0660. The molecule has 0 saturated carbocycles. The number of halogens is 1. The molecule has 1 aromatic heterocycles. The Morgan fingerprint density at radius 2 is 2.14 bits per heavy atom. The molecule has 0 unspecified atom stereocenters. The quantitative estimate of drug-likeness (QED) is 0.816. The number of aryl methyl sites for hydroxylation is 2. The lowest BCUT2D eigenvalue weighted by molar-refractivity contribution is 0.506. The lowest BCUT2D eigenvalue weighted by atomic mass is 10.1. The third-order valence-electron chi connectivity index (χ3n) is 2.13. The Morgan fingerprint density at radius 1 is 1.50 bits per heavy atom. The maximum absolute atomic E-state index is 11.6. The predicted molar refractivity (Wildman–Crippen MR) is 62.6 cm³/mol. The summed E-state index contributed by atoms with van der Waals surface area (Å²) in [6, 6.07) is 1.86. The average molecular weight is 258 g/mol.